The minimum absolute atomic E-state index is 0.180. The third-order valence-corrected chi connectivity index (χ3v) is 3.78. The molecule has 18 heavy (non-hydrogen) atoms. The van der Waals surface area contributed by atoms with E-state index in [1.54, 1.807) is 0 Å². The first-order valence-corrected chi connectivity index (χ1v) is 6.80. The molecule has 1 fully saturated rings. The maximum absolute atomic E-state index is 12.4. The van der Waals surface area contributed by atoms with E-state index in [1.165, 1.54) is 0 Å². The summed E-state index contributed by atoms with van der Waals surface area (Å²) in [5.41, 5.74) is 0.859. The van der Waals surface area contributed by atoms with E-state index in [0.29, 0.717) is 12.5 Å². The highest BCUT2D eigenvalue weighted by atomic mass is 16.2. The maximum atomic E-state index is 12.4. The summed E-state index contributed by atoms with van der Waals surface area (Å²) in [5.74, 6) is 0.602. The summed E-state index contributed by atoms with van der Waals surface area (Å²) in [6, 6.07) is 10.2. The van der Waals surface area contributed by atoms with E-state index >= 15 is 0 Å². The van der Waals surface area contributed by atoms with Crippen molar-refractivity contribution in [2.75, 3.05) is 19.6 Å². The van der Waals surface area contributed by atoms with Crippen molar-refractivity contribution in [2.24, 2.45) is 5.92 Å². The molecule has 1 aliphatic carbocycles. The lowest BCUT2D eigenvalue weighted by atomic mass is 9.92. The molecular formula is C15H22N2O. The van der Waals surface area contributed by atoms with Gasteiger partial charge in [0.1, 0.15) is 0 Å². The Morgan fingerprint density at radius 1 is 1.28 bits per heavy atom. The summed E-state index contributed by atoms with van der Waals surface area (Å²) >= 11 is 0. The molecule has 1 aromatic carbocycles. The fourth-order valence-corrected chi connectivity index (χ4v) is 2.71. The zero-order chi connectivity index (χ0) is 13.0. The van der Waals surface area contributed by atoms with Crippen LogP contribution in [0, 0.1) is 5.92 Å². The van der Waals surface area contributed by atoms with E-state index < -0.39 is 0 Å². The van der Waals surface area contributed by atoms with Gasteiger partial charge >= 0.3 is 0 Å². The maximum Gasteiger partial charge on any atom is 0.230 e. The van der Waals surface area contributed by atoms with Gasteiger partial charge in [0, 0.05) is 6.54 Å². The van der Waals surface area contributed by atoms with Crippen molar-refractivity contribution in [1.29, 1.82) is 0 Å². The Hall–Kier alpha value is -1.35. The van der Waals surface area contributed by atoms with Gasteiger partial charge in [0.15, 0.2) is 0 Å². The van der Waals surface area contributed by atoms with E-state index in [0.717, 1.165) is 25.1 Å². The zero-order valence-electron chi connectivity index (χ0n) is 11.2. The number of amides is 1. The SMILES string of the molecule is CCNC[C@@H]1C[C@@]1(C(=O)NCC)c1ccccc1. The van der Waals surface area contributed by atoms with Gasteiger partial charge in [-0.2, -0.15) is 0 Å². The number of carbonyl (C=O) groups is 1. The van der Waals surface area contributed by atoms with Crippen LogP contribution in [-0.4, -0.2) is 25.5 Å². The normalized spacial score (nSPS) is 25.8. The van der Waals surface area contributed by atoms with Crippen LogP contribution >= 0.6 is 0 Å². The predicted octanol–water partition coefficient (Wildman–Crippen LogP) is 1.69. The van der Waals surface area contributed by atoms with Gasteiger partial charge in [0.05, 0.1) is 5.41 Å². The van der Waals surface area contributed by atoms with Crippen LogP contribution in [0.5, 0.6) is 0 Å². The quantitative estimate of drug-likeness (QED) is 0.802. The number of hydrogen-bond acceptors (Lipinski definition) is 2. The van der Waals surface area contributed by atoms with Gasteiger partial charge in [-0.1, -0.05) is 37.3 Å². The Morgan fingerprint density at radius 3 is 2.61 bits per heavy atom. The molecule has 0 heterocycles. The van der Waals surface area contributed by atoms with Crippen molar-refractivity contribution in [3.63, 3.8) is 0 Å². The second-order valence-electron chi connectivity index (χ2n) is 4.91. The lowest BCUT2D eigenvalue weighted by Crippen LogP contribution is -2.37. The van der Waals surface area contributed by atoms with Crippen LogP contribution in [0.3, 0.4) is 0 Å². The van der Waals surface area contributed by atoms with E-state index in [-0.39, 0.29) is 11.3 Å². The Balaban J connectivity index is 2.18. The van der Waals surface area contributed by atoms with Crippen LogP contribution in [0.15, 0.2) is 30.3 Å². The van der Waals surface area contributed by atoms with Crippen molar-refractivity contribution in [3.05, 3.63) is 35.9 Å². The van der Waals surface area contributed by atoms with Crippen molar-refractivity contribution in [1.82, 2.24) is 10.6 Å². The van der Waals surface area contributed by atoms with Crippen LogP contribution in [-0.2, 0) is 10.2 Å². The zero-order valence-corrected chi connectivity index (χ0v) is 11.2. The van der Waals surface area contributed by atoms with Crippen LogP contribution < -0.4 is 10.6 Å². The molecule has 0 aromatic heterocycles. The molecule has 2 atom stereocenters. The highest BCUT2D eigenvalue weighted by Gasteiger charge is 2.60. The third kappa shape index (κ3) is 2.27. The molecule has 3 nitrogen and oxygen atoms in total. The average Bonchev–Trinajstić information content (AvgIpc) is 3.13. The summed E-state index contributed by atoms with van der Waals surface area (Å²) in [6.07, 6.45) is 0.954. The van der Waals surface area contributed by atoms with Gasteiger partial charge in [0.25, 0.3) is 0 Å². The number of rotatable bonds is 6. The Kier molecular flexibility index (Phi) is 4.02. The summed E-state index contributed by atoms with van der Waals surface area (Å²) in [5, 5.41) is 6.34. The van der Waals surface area contributed by atoms with Gasteiger partial charge in [-0.05, 0) is 37.9 Å². The highest BCUT2D eigenvalue weighted by molar-refractivity contribution is 5.92. The van der Waals surface area contributed by atoms with Gasteiger partial charge in [-0.3, -0.25) is 4.79 Å². The fraction of sp³-hybridized carbons (Fsp3) is 0.533. The first-order chi connectivity index (χ1) is 8.75. The summed E-state index contributed by atoms with van der Waals surface area (Å²) in [7, 11) is 0. The second-order valence-corrected chi connectivity index (χ2v) is 4.91. The number of likely N-dealkylation sites (N-methyl/N-ethyl adjacent to an activating group) is 1. The van der Waals surface area contributed by atoms with Crippen molar-refractivity contribution in [2.45, 2.75) is 25.7 Å². The number of carbonyl (C=O) groups excluding carboxylic acids is 1. The molecule has 0 saturated heterocycles. The van der Waals surface area contributed by atoms with E-state index in [1.807, 2.05) is 25.1 Å². The predicted molar refractivity (Wildman–Crippen MR) is 73.5 cm³/mol. The van der Waals surface area contributed by atoms with Gasteiger partial charge in [-0.15, -0.1) is 0 Å². The molecule has 98 valence electrons. The molecular weight excluding hydrogens is 224 g/mol. The number of nitrogens with one attached hydrogen (secondary N) is 2. The van der Waals surface area contributed by atoms with Crippen LogP contribution in [0.4, 0.5) is 0 Å². The molecule has 1 aliphatic rings. The topological polar surface area (TPSA) is 41.1 Å². The van der Waals surface area contributed by atoms with Crippen molar-refractivity contribution >= 4 is 5.91 Å². The minimum atomic E-state index is -0.292. The second kappa shape index (κ2) is 5.53. The standard InChI is InChI=1S/C15H22N2O/c1-3-16-11-13-10-15(13,14(18)17-4-2)12-8-6-5-7-9-12/h5-9,13,16H,3-4,10-11H2,1-2H3,(H,17,18)/t13-,15+/m0/s1. The molecule has 0 spiro atoms. The number of hydrogen-bond donors (Lipinski definition) is 2. The fourth-order valence-electron chi connectivity index (χ4n) is 2.71. The van der Waals surface area contributed by atoms with Gasteiger partial charge < -0.3 is 10.6 Å². The molecule has 0 unspecified atom stereocenters. The molecule has 2 N–H and O–H groups in total. The first kappa shape index (κ1) is 13.1. The molecule has 0 aliphatic heterocycles. The Labute approximate surface area is 109 Å². The monoisotopic (exact) mass is 246 g/mol. The summed E-state index contributed by atoms with van der Waals surface area (Å²) in [6.45, 7) is 6.64. The third-order valence-electron chi connectivity index (χ3n) is 3.78. The molecule has 0 radical (unpaired) electrons. The van der Waals surface area contributed by atoms with Crippen molar-refractivity contribution in [3.8, 4) is 0 Å². The van der Waals surface area contributed by atoms with Crippen LogP contribution in [0.2, 0.25) is 0 Å². The lowest BCUT2D eigenvalue weighted by molar-refractivity contribution is -0.123. The first-order valence-electron chi connectivity index (χ1n) is 6.80. The Morgan fingerprint density at radius 2 is 2.00 bits per heavy atom. The van der Waals surface area contributed by atoms with Crippen molar-refractivity contribution < 1.29 is 4.79 Å². The van der Waals surface area contributed by atoms with Gasteiger partial charge in [0.2, 0.25) is 5.91 Å². The van der Waals surface area contributed by atoms with E-state index in [2.05, 4.69) is 29.7 Å². The average molecular weight is 246 g/mol. The van der Waals surface area contributed by atoms with E-state index in [4.69, 9.17) is 0 Å². The summed E-state index contributed by atoms with van der Waals surface area (Å²) < 4.78 is 0. The molecule has 2 rings (SSSR count). The molecule has 1 aromatic rings. The van der Waals surface area contributed by atoms with Gasteiger partial charge in [-0.25, -0.2) is 0 Å². The summed E-state index contributed by atoms with van der Waals surface area (Å²) in [4.78, 5) is 12.4. The van der Waals surface area contributed by atoms with E-state index in [9.17, 15) is 4.79 Å². The smallest absolute Gasteiger partial charge is 0.230 e. The number of benzene rings is 1. The molecule has 1 saturated carbocycles. The molecule has 1 amide bonds. The minimum Gasteiger partial charge on any atom is -0.356 e. The lowest BCUT2D eigenvalue weighted by Gasteiger charge is -2.17. The largest absolute Gasteiger partial charge is 0.356 e. The van der Waals surface area contributed by atoms with Crippen LogP contribution in [0.1, 0.15) is 25.8 Å². The van der Waals surface area contributed by atoms with Crippen LogP contribution in [0.25, 0.3) is 0 Å². The molecule has 3 heteroatoms. The Bertz CT molecular complexity index is 404. The molecule has 0 bridgehead atoms. The highest BCUT2D eigenvalue weighted by Crippen LogP contribution is 2.54.